The minimum Gasteiger partial charge on any atom is -0.425 e. The van der Waals surface area contributed by atoms with Crippen molar-refractivity contribution in [3.8, 4) is 0 Å². The number of fused-ring (bicyclic) bond motifs is 1. The van der Waals surface area contributed by atoms with E-state index in [0.29, 0.717) is 0 Å². The van der Waals surface area contributed by atoms with Crippen molar-refractivity contribution in [1.82, 2.24) is 4.57 Å². The lowest BCUT2D eigenvalue weighted by Crippen LogP contribution is -2.27. The van der Waals surface area contributed by atoms with Crippen molar-refractivity contribution in [2.75, 3.05) is 0 Å². The molecule has 106 valence electrons. The zero-order valence-electron chi connectivity index (χ0n) is 11.2. The van der Waals surface area contributed by atoms with Crippen LogP contribution in [0.15, 0.2) is 24.3 Å². The van der Waals surface area contributed by atoms with Crippen LogP contribution >= 0.6 is 0 Å². The Bertz CT molecular complexity index is 700. The molecule has 2 aromatic rings. The van der Waals surface area contributed by atoms with Crippen molar-refractivity contribution >= 4 is 22.8 Å². The molecule has 0 N–H and O–H groups in total. The van der Waals surface area contributed by atoms with E-state index in [-0.39, 0.29) is 10.9 Å². The molecule has 0 saturated heterocycles. The lowest BCUT2D eigenvalue weighted by Gasteiger charge is -2.17. The van der Waals surface area contributed by atoms with Gasteiger partial charge in [0, 0.05) is 11.5 Å². The van der Waals surface area contributed by atoms with Gasteiger partial charge in [-0.25, -0.2) is 4.39 Å². The molecule has 0 atom stereocenters. The molecule has 1 aromatic carbocycles. The summed E-state index contributed by atoms with van der Waals surface area (Å²) in [5.74, 6) is -0.992. The van der Waals surface area contributed by atoms with Crippen molar-refractivity contribution in [2.45, 2.75) is 26.4 Å². The van der Waals surface area contributed by atoms with E-state index in [1.807, 2.05) is 0 Å². The highest BCUT2D eigenvalue weighted by Gasteiger charge is 2.29. The summed E-state index contributed by atoms with van der Waals surface area (Å²) < 4.78 is 19.1. The van der Waals surface area contributed by atoms with Crippen LogP contribution in [0, 0.1) is 15.9 Å². The van der Waals surface area contributed by atoms with E-state index in [1.165, 1.54) is 6.07 Å². The summed E-state index contributed by atoms with van der Waals surface area (Å²) in [5.41, 5.74) is -0.561. The first-order chi connectivity index (χ1) is 9.19. The summed E-state index contributed by atoms with van der Waals surface area (Å²) in [5, 5.41) is 11.3. The predicted molar refractivity (Wildman–Crippen MR) is 70.2 cm³/mol. The Labute approximate surface area is 113 Å². The van der Waals surface area contributed by atoms with Crippen molar-refractivity contribution in [3.05, 3.63) is 40.2 Å². The van der Waals surface area contributed by atoms with E-state index >= 15 is 0 Å². The maximum absolute atomic E-state index is 13.2. The van der Waals surface area contributed by atoms with Gasteiger partial charge in [-0.1, -0.05) is 0 Å². The van der Waals surface area contributed by atoms with E-state index in [4.69, 9.17) is 4.74 Å². The monoisotopic (exact) mass is 280 g/mol. The summed E-state index contributed by atoms with van der Waals surface area (Å²) in [6.45, 7) is 4.96. The number of nitrogens with zero attached hydrogens (tertiary/aromatic N) is 2. The first kappa shape index (κ1) is 14.0. The Morgan fingerprint density at radius 3 is 2.55 bits per heavy atom. The maximum atomic E-state index is 13.2. The number of carbonyl (C=O) groups is 1. The SMILES string of the molecule is CC(C)(C)OC(=O)n1c([N+](=O)[O-])cc2cc(F)ccc21. The molecule has 0 aliphatic heterocycles. The lowest BCUT2D eigenvalue weighted by molar-refractivity contribution is -0.390. The van der Waals surface area contributed by atoms with E-state index < -0.39 is 28.3 Å². The molecule has 0 aliphatic rings. The summed E-state index contributed by atoms with van der Waals surface area (Å²) in [6, 6.07) is 4.71. The smallest absolute Gasteiger partial charge is 0.425 e. The normalized spacial score (nSPS) is 11.6. The second kappa shape index (κ2) is 4.59. The highest BCUT2D eigenvalue weighted by Crippen LogP contribution is 2.27. The van der Waals surface area contributed by atoms with Crippen LogP contribution in [-0.4, -0.2) is 21.2 Å². The number of nitro groups is 1. The highest BCUT2D eigenvalue weighted by molar-refractivity contribution is 5.93. The van der Waals surface area contributed by atoms with Gasteiger partial charge >= 0.3 is 11.9 Å². The number of hydrogen-bond acceptors (Lipinski definition) is 4. The third kappa shape index (κ3) is 2.61. The van der Waals surface area contributed by atoms with Gasteiger partial charge in [-0.3, -0.25) is 0 Å². The van der Waals surface area contributed by atoms with Gasteiger partial charge in [0.15, 0.2) is 0 Å². The Hall–Kier alpha value is -2.44. The average Bonchev–Trinajstić information content (AvgIpc) is 2.64. The molecule has 20 heavy (non-hydrogen) atoms. The molecule has 0 bridgehead atoms. The summed E-state index contributed by atoms with van der Waals surface area (Å²) in [6.07, 6.45) is -0.870. The third-order valence-electron chi connectivity index (χ3n) is 2.51. The Morgan fingerprint density at radius 2 is 2.00 bits per heavy atom. The largest absolute Gasteiger partial charge is 0.513 e. The first-order valence-corrected chi connectivity index (χ1v) is 5.88. The van der Waals surface area contributed by atoms with Gasteiger partial charge < -0.3 is 14.9 Å². The molecule has 1 aromatic heterocycles. The summed E-state index contributed by atoms with van der Waals surface area (Å²) in [7, 11) is 0. The molecule has 0 unspecified atom stereocenters. The summed E-state index contributed by atoms with van der Waals surface area (Å²) in [4.78, 5) is 22.4. The van der Waals surface area contributed by atoms with Gasteiger partial charge in [0.1, 0.15) is 16.9 Å². The maximum Gasteiger partial charge on any atom is 0.513 e. The van der Waals surface area contributed by atoms with Crippen LogP contribution in [0.5, 0.6) is 0 Å². The average molecular weight is 280 g/mol. The van der Waals surface area contributed by atoms with Crippen LogP contribution in [-0.2, 0) is 4.74 Å². The standard InChI is InChI=1S/C13H13FN2O4/c1-13(2,3)20-12(17)15-10-5-4-9(14)6-8(10)7-11(15)16(18)19/h4-7H,1-3H3. The Balaban J connectivity index is 2.63. The minimum atomic E-state index is -0.870. The topological polar surface area (TPSA) is 74.4 Å². The van der Waals surface area contributed by atoms with E-state index in [0.717, 1.165) is 22.8 Å². The minimum absolute atomic E-state index is 0.229. The number of ether oxygens (including phenoxy) is 1. The molecular formula is C13H13FN2O4. The van der Waals surface area contributed by atoms with Crippen molar-refractivity contribution < 1.29 is 18.8 Å². The van der Waals surface area contributed by atoms with Crippen LogP contribution in [0.4, 0.5) is 15.0 Å². The molecule has 0 saturated carbocycles. The fourth-order valence-corrected chi connectivity index (χ4v) is 1.81. The zero-order chi connectivity index (χ0) is 15.1. The molecule has 6 nitrogen and oxygen atoms in total. The molecule has 0 radical (unpaired) electrons. The predicted octanol–water partition coefficient (Wildman–Crippen LogP) is 3.47. The number of aromatic nitrogens is 1. The molecule has 1 heterocycles. The highest BCUT2D eigenvalue weighted by atomic mass is 19.1. The number of benzene rings is 1. The zero-order valence-corrected chi connectivity index (χ0v) is 11.2. The number of carbonyl (C=O) groups excluding carboxylic acids is 1. The van der Waals surface area contributed by atoms with Gasteiger partial charge in [-0.15, -0.1) is 4.57 Å². The summed E-state index contributed by atoms with van der Waals surface area (Å²) >= 11 is 0. The van der Waals surface area contributed by atoms with Gasteiger partial charge in [0.25, 0.3) is 0 Å². The van der Waals surface area contributed by atoms with E-state index in [1.54, 1.807) is 20.8 Å². The Morgan fingerprint density at radius 1 is 1.35 bits per heavy atom. The van der Waals surface area contributed by atoms with Gasteiger partial charge in [0.05, 0.1) is 0 Å². The lowest BCUT2D eigenvalue weighted by atomic mass is 10.2. The molecule has 0 spiro atoms. The van der Waals surface area contributed by atoms with E-state index in [9.17, 15) is 19.3 Å². The second-order valence-electron chi connectivity index (χ2n) is 5.28. The van der Waals surface area contributed by atoms with Gasteiger partial charge in [-0.2, -0.15) is 4.79 Å². The van der Waals surface area contributed by atoms with Crippen molar-refractivity contribution in [1.29, 1.82) is 0 Å². The molecule has 0 amide bonds. The van der Waals surface area contributed by atoms with Crippen molar-refractivity contribution in [3.63, 3.8) is 0 Å². The van der Waals surface area contributed by atoms with Crippen LogP contribution in [0.3, 0.4) is 0 Å². The number of halogens is 1. The molecular weight excluding hydrogens is 267 g/mol. The fourth-order valence-electron chi connectivity index (χ4n) is 1.81. The first-order valence-electron chi connectivity index (χ1n) is 5.88. The molecule has 0 aliphatic carbocycles. The van der Waals surface area contributed by atoms with Crippen LogP contribution in [0.1, 0.15) is 20.8 Å². The molecule has 0 fully saturated rings. The Kier molecular flexibility index (Phi) is 3.21. The van der Waals surface area contributed by atoms with Crippen LogP contribution in [0.25, 0.3) is 10.9 Å². The van der Waals surface area contributed by atoms with Crippen LogP contribution in [0.2, 0.25) is 0 Å². The molecule has 7 heteroatoms. The van der Waals surface area contributed by atoms with Gasteiger partial charge in [-0.05, 0) is 43.9 Å². The van der Waals surface area contributed by atoms with Gasteiger partial charge in [0.2, 0.25) is 0 Å². The number of hydrogen-bond donors (Lipinski definition) is 0. The third-order valence-corrected chi connectivity index (χ3v) is 2.51. The second-order valence-corrected chi connectivity index (χ2v) is 5.28. The fraction of sp³-hybridized carbons (Fsp3) is 0.308. The quantitative estimate of drug-likeness (QED) is 0.592. The molecule has 2 rings (SSSR count). The van der Waals surface area contributed by atoms with Crippen LogP contribution < -0.4 is 0 Å². The van der Waals surface area contributed by atoms with E-state index in [2.05, 4.69) is 0 Å². The van der Waals surface area contributed by atoms with Crippen molar-refractivity contribution in [2.24, 2.45) is 0 Å². The number of rotatable bonds is 1.